The van der Waals surface area contributed by atoms with Gasteiger partial charge in [-0.3, -0.25) is 0 Å². The van der Waals surface area contributed by atoms with Crippen molar-refractivity contribution in [3.8, 4) is 0 Å². The molecule has 0 bridgehead atoms. The minimum Gasteiger partial charge on any atom is -0.358 e. The Hall–Kier alpha value is 2.23. The second kappa shape index (κ2) is 11.9. The van der Waals surface area contributed by atoms with Gasteiger partial charge in [0.2, 0.25) is 0 Å². The van der Waals surface area contributed by atoms with Gasteiger partial charge in [0, 0.05) is 10.8 Å². The van der Waals surface area contributed by atoms with Gasteiger partial charge in [0.25, 0.3) is 0 Å². The van der Waals surface area contributed by atoms with E-state index in [2.05, 4.69) is 89.7 Å². The molecule has 2 aliphatic rings. The number of hydrogen-bond donors (Lipinski definition) is 0. The smallest absolute Gasteiger partial charge is 0.358 e. The first-order chi connectivity index (χ1) is 10.8. The van der Waals surface area contributed by atoms with Gasteiger partial charge in [-0.05, 0) is 39.1 Å². The van der Waals surface area contributed by atoms with Crippen molar-refractivity contribution in [2.75, 3.05) is 6.66 Å². The quantitative estimate of drug-likeness (QED) is 0.224. The van der Waals surface area contributed by atoms with Crippen LogP contribution < -0.4 is 0 Å². The third-order valence-electron chi connectivity index (χ3n) is 5.17. The van der Waals surface area contributed by atoms with E-state index in [1.165, 1.54) is 25.7 Å². The van der Waals surface area contributed by atoms with E-state index in [1.54, 1.807) is 0 Å². The molecular weight excluding hydrogens is 459 g/mol. The molecule has 0 aliphatic carbocycles. The number of hydrogen-bond acceptors (Lipinski definition) is 0. The summed E-state index contributed by atoms with van der Waals surface area (Å²) in [6.07, 6.45) is 0. The summed E-state index contributed by atoms with van der Waals surface area (Å²) in [6, 6.07) is 0. The van der Waals surface area contributed by atoms with Crippen LogP contribution in [0.2, 0.25) is 0 Å². The Labute approximate surface area is 197 Å². The molecule has 4 atom stereocenters. The Morgan fingerprint density at radius 3 is 0.893 bits per heavy atom. The molecule has 2 aliphatic heterocycles. The van der Waals surface area contributed by atoms with Crippen molar-refractivity contribution in [2.45, 2.75) is 105 Å². The van der Waals surface area contributed by atoms with Gasteiger partial charge in [0.05, 0.1) is 0 Å². The summed E-state index contributed by atoms with van der Waals surface area (Å²) in [7, 11) is 3.94. The monoisotopic (exact) mass is 511 g/mol. The molecule has 2 saturated heterocycles. The van der Waals surface area contributed by atoms with E-state index < -0.39 is 0 Å². The summed E-state index contributed by atoms with van der Waals surface area (Å²) in [5.41, 5.74) is 2.25. The maximum absolute atomic E-state index is 2.51. The van der Waals surface area contributed by atoms with Crippen LogP contribution in [-0.2, 0) is 16.8 Å². The van der Waals surface area contributed by atoms with E-state index in [0.29, 0.717) is 29.6 Å². The molecule has 173 valence electrons. The summed E-state index contributed by atoms with van der Waals surface area (Å²) >= 11 is 0. The molecule has 28 heavy (non-hydrogen) atoms. The van der Waals surface area contributed by atoms with Gasteiger partial charge in [-0.15, -0.1) is 25.7 Å². The van der Waals surface area contributed by atoms with Crippen molar-refractivity contribution < 1.29 is 16.8 Å². The SMILES string of the molecule is CC(C)(C)C1PC(C(C)(C)C)P1.CP1[C@H](C(C)(C)C)P[C@@H]1C(C)(C)C.[CH3-].[CH3-].[Co+2]. The molecule has 0 aromatic heterocycles. The van der Waals surface area contributed by atoms with Crippen LogP contribution in [0.3, 0.4) is 0 Å². The fourth-order valence-corrected chi connectivity index (χ4v) is 14.3. The minimum atomic E-state index is 0. The van der Waals surface area contributed by atoms with Crippen LogP contribution in [0.5, 0.6) is 0 Å². The van der Waals surface area contributed by atoms with Crippen molar-refractivity contribution in [1.82, 2.24) is 0 Å². The van der Waals surface area contributed by atoms with E-state index in [0.717, 1.165) is 21.6 Å². The zero-order valence-corrected chi connectivity index (χ0v) is 26.5. The second-order valence-corrected chi connectivity index (χ2v) is 21.3. The molecule has 1 radical (unpaired) electrons. The van der Waals surface area contributed by atoms with Crippen LogP contribution in [0.1, 0.15) is 83.1 Å². The van der Waals surface area contributed by atoms with Crippen LogP contribution in [0.15, 0.2) is 0 Å². The van der Waals surface area contributed by atoms with Gasteiger partial charge in [0.1, 0.15) is 0 Å². The zero-order valence-electron chi connectivity index (χ0n) is 21.6. The largest absolute Gasteiger partial charge is 2.00 e. The van der Waals surface area contributed by atoms with Gasteiger partial charge >= 0.3 is 16.8 Å². The molecule has 2 rings (SSSR count). The summed E-state index contributed by atoms with van der Waals surface area (Å²) in [5, 5.41) is 4.13. The first-order valence-corrected chi connectivity index (χ1v) is 15.2. The van der Waals surface area contributed by atoms with E-state index in [1.807, 2.05) is 0 Å². The Balaban J connectivity index is -0.000000404. The predicted octanol–water partition coefficient (Wildman–Crippen LogP) is 9.53. The molecule has 2 fully saturated rings. The predicted molar refractivity (Wildman–Crippen MR) is 144 cm³/mol. The maximum atomic E-state index is 2.51. The van der Waals surface area contributed by atoms with Gasteiger partial charge in [-0.2, -0.15) is 0 Å². The Morgan fingerprint density at radius 1 is 0.500 bits per heavy atom. The Kier molecular flexibility index (Phi) is 14.8. The summed E-state index contributed by atoms with van der Waals surface area (Å²) in [4.78, 5) is 0. The molecule has 0 aromatic carbocycles. The van der Waals surface area contributed by atoms with Crippen molar-refractivity contribution in [1.29, 1.82) is 0 Å². The third kappa shape index (κ3) is 9.79. The molecular formula is C23H52CoP4. The molecule has 0 amide bonds. The molecule has 0 spiro atoms. The first-order valence-electron chi connectivity index (χ1n) is 9.85. The molecule has 2 unspecified atom stereocenters. The fraction of sp³-hybridized carbons (Fsp3) is 0.913. The van der Waals surface area contributed by atoms with Crippen molar-refractivity contribution in [3.63, 3.8) is 0 Å². The van der Waals surface area contributed by atoms with Gasteiger partial charge in [-0.1, -0.05) is 91.0 Å². The van der Waals surface area contributed by atoms with Crippen molar-refractivity contribution in [2.24, 2.45) is 21.7 Å². The molecule has 0 saturated carbocycles. The fourth-order valence-electron chi connectivity index (χ4n) is 3.51. The normalized spacial score (nSPS) is 32.7. The van der Waals surface area contributed by atoms with Crippen molar-refractivity contribution in [3.05, 3.63) is 14.9 Å². The van der Waals surface area contributed by atoms with Crippen LogP contribution >= 0.6 is 33.7 Å². The van der Waals surface area contributed by atoms with E-state index in [4.69, 9.17) is 0 Å². The van der Waals surface area contributed by atoms with Crippen LogP contribution in [0, 0.1) is 36.5 Å². The summed E-state index contributed by atoms with van der Waals surface area (Å²) in [5.74, 6) is 0. The van der Waals surface area contributed by atoms with Crippen LogP contribution in [0.25, 0.3) is 0 Å². The van der Waals surface area contributed by atoms with Gasteiger partial charge < -0.3 is 14.9 Å². The number of rotatable bonds is 0. The summed E-state index contributed by atoms with van der Waals surface area (Å²) in [6.45, 7) is 31.3. The molecule has 5 heteroatoms. The molecule has 0 aromatic rings. The first kappa shape index (κ1) is 34.8. The Morgan fingerprint density at radius 2 is 0.750 bits per heavy atom. The minimum absolute atomic E-state index is 0. The average molecular weight is 511 g/mol. The second-order valence-electron chi connectivity index (χ2n) is 12.3. The maximum Gasteiger partial charge on any atom is 2.00 e. The summed E-state index contributed by atoms with van der Waals surface area (Å²) < 4.78 is 0. The average Bonchev–Trinajstić information content (AvgIpc) is 2.16. The van der Waals surface area contributed by atoms with Gasteiger partial charge in [0.15, 0.2) is 0 Å². The standard InChI is InChI=1S/C11H24P2.C10H22P2.2CH3.Co/c1-10(2,3)8-12-9(13(8)7)11(4,5)6;1-9(2,3)7-11-8(12-7)10(4,5)6;;;/h8-9,12H,1-7H3;7-8,11-12H,1-6H3;2*1H3;/q;;2*-1;+2/t8-,9+,13?;;;;. The molecule has 2 heterocycles. The van der Waals surface area contributed by atoms with Gasteiger partial charge in [-0.25, -0.2) is 0 Å². The molecule has 0 nitrogen and oxygen atoms in total. The van der Waals surface area contributed by atoms with Crippen LogP contribution in [-0.4, -0.2) is 28.3 Å². The van der Waals surface area contributed by atoms with E-state index in [9.17, 15) is 0 Å². The topological polar surface area (TPSA) is 0 Å². The van der Waals surface area contributed by atoms with E-state index >= 15 is 0 Å². The van der Waals surface area contributed by atoms with E-state index in [-0.39, 0.29) is 31.6 Å². The van der Waals surface area contributed by atoms with Crippen molar-refractivity contribution >= 4 is 33.7 Å². The molecule has 0 N–H and O–H groups in total. The van der Waals surface area contributed by atoms with Crippen LogP contribution in [0.4, 0.5) is 0 Å². The zero-order chi connectivity index (χ0) is 20.0. The third-order valence-corrected chi connectivity index (χ3v) is 20.8. The Bertz CT molecular complexity index is 393.